The lowest BCUT2D eigenvalue weighted by Crippen LogP contribution is -2.29. The number of carbonyl (C=O) groups is 2. The molecule has 0 saturated heterocycles. The molecule has 4 nitrogen and oxygen atoms in total. The minimum absolute atomic E-state index is 0.0725. The van der Waals surface area contributed by atoms with E-state index in [2.05, 4.69) is 5.32 Å². The molecule has 1 amide bonds. The van der Waals surface area contributed by atoms with Crippen molar-refractivity contribution in [2.45, 2.75) is 33.3 Å². The fourth-order valence-corrected chi connectivity index (χ4v) is 3.28. The summed E-state index contributed by atoms with van der Waals surface area (Å²) in [7, 11) is 0. The highest BCUT2D eigenvalue weighted by atomic mass is 35.5. The van der Waals surface area contributed by atoms with Crippen LogP contribution in [0, 0.1) is 12.7 Å². The van der Waals surface area contributed by atoms with Gasteiger partial charge in [-0.05, 0) is 50.1 Å². The molecule has 128 valence electrons. The highest BCUT2D eigenvalue weighted by Crippen LogP contribution is 2.24. The number of carbonyl (C=O) groups excluding carboxylic acids is 2. The number of thiophene rings is 1. The average molecular weight is 370 g/mol. The number of anilines is 1. The van der Waals surface area contributed by atoms with Crippen molar-refractivity contribution in [1.82, 2.24) is 0 Å². The van der Waals surface area contributed by atoms with Crippen molar-refractivity contribution in [2.24, 2.45) is 0 Å². The lowest BCUT2D eigenvalue weighted by atomic mass is 10.2. The van der Waals surface area contributed by atoms with Crippen LogP contribution >= 0.6 is 22.9 Å². The molecule has 0 aliphatic rings. The smallest absolute Gasteiger partial charge is 0.349 e. The van der Waals surface area contributed by atoms with Crippen molar-refractivity contribution in [3.05, 3.63) is 50.4 Å². The largest absolute Gasteiger partial charge is 0.448 e. The van der Waals surface area contributed by atoms with Gasteiger partial charge < -0.3 is 10.1 Å². The Bertz CT molecular complexity index is 775. The van der Waals surface area contributed by atoms with Crippen LogP contribution < -0.4 is 5.32 Å². The van der Waals surface area contributed by atoms with Crippen LogP contribution in [0.1, 0.15) is 34.0 Å². The van der Waals surface area contributed by atoms with E-state index in [9.17, 15) is 14.0 Å². The summed E-state index contributed by atoms with van der Waals surface area (Å²) in [5, 5.41) is 2.58. The van der Waals surface area contributed by atoms with Gasteiger partial charge in [-0.15, -0.1) is 11.3 Å². The van der Waals surface area contributed by atoms with Gasteiger partial charge in [0.2, 0.25) is 0 Å². The summed E-state index contributed by atoms with van der Waals surface area (Å²) >= 11 is 7.22. The number of halogens is 2. The lowest BCUT2D eigenvalue weighted by molar-refractivity contribution is -0.123. The fraction of sp³-hybridized carbons (Fsp3) is 0.294. The Kier molecular flexibility index (Phi) is 5.96. The van der Waals surface area contributed by atoms with E-state index < -0.39 is 23.8 Å². The SMILES string of the molecule is CCc1sc(C(=O)O[C@H](C)C(=O)Nc2ccc(F)cc2Cl)cc1C. The van der Waals surface area contributed by atoms with Gasteiger partial charge in [0.15, 0.2) is 6.10 Å². The highest BCUT2D eigenvalue weighted by molar-refractivity contribution is 7.14. The van der Waals surface area contributed by atoms with Crippen LogP contribution in [-0.4, -0.2) is 18.0 Å². The maximum absolute atomic E-state index is 13.0. The molecular formula is C17H17ClFNO3S. The van der Waals surface area contributed by atoms with Crippen LogP contribution in [0.2, 0.25) is 5.02 Å². The van der Waals surface area contributed by atoms with Crippen LogP contribution in [0.25, 0.3) is 0 Å². The molecule has 2 aromatic rings. The van der Waals surface area contributed by atoms with Gasteiger partial charge in [0.1, 0.15) is 10.7 Å². The molecule has 0 radical (unpaired) electrons. The molecule has 0 spiro atoms. The van der Waals surface area contributed by atoms with Crippen molar-refractivity contribution < 1.29 is 18.7 Å². The van der Waals surface area contributed by atoms with Crippen LogP contribution in [-0.2, 0) is 16.0 Å². The molecule has 0 aliphatic carbocycles. The van der Waals surface area contributed by atoms with Gasteiger partial charge in [-0.25, -0.2) is 9.18 Å². The first-order chi connectivity index (χ1) is 11.3. The lowest BCUT2D eigenvalue weighted by Gasteiger charge is -2.13. The second-order valence-electron chi connectivity index (χ2n) is 5.23. The Morgan fingerprint density at radius 1 is 1.38 bits per heavy atom. The predicted octanol–water partition coefficient (Wildman–Crippen LogP) is 4.60. The highest BCUT2D eigenvalue weighted by Gasteiger charge is 2.21. The van der Waals surface area contributed by atoms with Gasteiger partial charge in [0.05, 0.1) is 10.7 Å². The number of benzene rings is 1. The molecule has 7 heteroatoms. The third kappa shape index (κ3) is 4.33. The van der Waals surface area contributed by atoms with E-state index >= 15 is 0 Å². The summed E-state index contributed by atoms with van der Waals surface area (Å²) in [6.07, 6.45) is -0.172. The van der Waals surface area contributed by atoms with Gasteiger partial charge in [-0.1, -0.05) is 18.5 Å². The Morgan fingerprint density at radius 3 is 2.67 bits per heavy atom. The van der Waals surface area contributed by atoms with Gasteiger partial charge in [0, 0.05) is 4.88 Å². The third-order valence-electron chi connectivity index (χ3n) is 3.38. The number of aryl methyl sites for hydroxylation is 2. The summed E-state index contributed by atoms with van der Waals surface area (Å²) in [6, 6.07) is 5.38. The van der Waals surface area contributed by atoms with E-state index in [1.54, 1.807) is 6.07 Å². The fourth-order valence-electron chi connectivity index (χ4n) is 2.07. The Balaban J connectivity index is 2.01. The minimum atomic E-state index is -1.01. The van der Waals surface area contributed by atoms with Gasteiger partial charge in [-0.2, -0.15) is 0 Å². The Morgan fingerprint density at radius 2 is 2.08 bits per heavy atom. The average Bonchev–Trinajstić information content (AvgIpc) is 2.91. The number of hydrogen-bond donors (Lipinski definition) is 1. The van der Waals surface area contributed by atoms with Crippen molar-refractivity contribution in [1.29, 1.82) is 0 Å². The second kappa shape index (κ2) is 7.77. The summed E-state index contributed by atoms with van der Waals surface area (Å²) < 4.78 is 18.2. The van der Waals surface area contributed by atoms with E-state index in [0.717, 1.165) is 22.9 Å². The maximum atomic E-state index is 13.0. The standard InChI is InChI=1S/C17H17ClFNO3S/c1-4-14-9(2)7-15(24-14)17(22)23-10(3)16(21)20-13-6-5-11(19)8-12(13)18/h5-8,10H,4H2,1-3H3,(H,20,21)/t10-/m1/s1. The summed E-state index contributed by atoms with van der Waals surface area (Å²) in [5.74, 6) is -1.59. The number of nitrogens with one attached hydrogen (secondary N) is 1. The number of ether oxygens (including phenoxy) is 1. The van der Waals surface area contributed by atoms with E-state index in [0.29, 0.717) is 4.88 Å². The minimum Gasteiger partial charge on any atom is -0.448 e. The first-order valence-electron chi connectivity index (χ1n) is 7.38. The molecule has 0 aliphatic heterocycles. The normalized spacial score (nSPS) is 11.9. The van der Waals surface area contributed by atoms with Gasteiger partial charge in [0.25, 0.3) is 5.91 Å². The number of esters is 1. The van der Waals surface area contributed by atoms with E-state index in [-0.39, 0.29) is 10.7 Å². The first kappa shape index (κ1) is 18.4. The molecule has 1 heterocycles. The zero-order chi connectivity index (χ0) is 17.9. The number of rotatable bonds is 5. The quantitative estimate of drug-likeness (QED) is 0.784. The topological polar surface area (TPSA) is 55.4 Å². The molecule has 1 atom stereocenters. The van der Waals surface area contributed by atoms with Crippen LogP contribution in [0.15, 0.2) is 24.3 Å². The molecule has 0 fully saturated rings. The van der Waals surface area contributed by atoms with Crippen molar-refractivity contribution in [3.63, 3.8) is 0 Å². The zero-order valence-electron chi connectivity index (χ0n) is 13.5. The van der Waals surface area contributed by atoms with Crippen LogP contribution in [0.3, 0.4) is 0 Å². The van der Waals surface area contributed by atoms with Crippen molar-refractivity contribution in [2.75, 3.05) is 5.32 Å². The third-order valence-corrected chi connectivity index (χ3v) is 5.06. The van der Waals surface area contributed by atoms with E-state index in [4.69, 9.17) is 16.3 Å². The Hall–Kier alpha value is -1.92. The molecule has 1 aromatic carbocycles. The molecule has 2 rings (SSSR count). The molecule has 1 aromatic heterocycles. The van der Waals surface area contributed by atoms with Gasteiger partial charge in [-0.3, -0.25) is 4.79 Å². The van der Waals surface area contributed by atoms with E-state index in [1.165, 1.54) is 30.4 Å². The summed E-state index contributed by atoms with van der Waals surface area (Å²) in [6.45, 7) is 5.40. The first-order valence-corrected chi connectivity index (χ1v) is 8.57. The molecule has 24 heavy (non-hydrogen) atoms. The van der Waals surface area contributed by atoms with E-state index in [1.807, 2.05) is 13.8 Å². The number of hydrogen-bond acceptors (Lipinski definition) is 4. The van der Waals surface area contributed by atoms with Crippen molar-refractivity contribution >= 4 is 40.5 Å². The van der Waals surface area contributed by atoms with Gasteiger partial charge >= 0.3 is 5.97 Å². The zero-order valence-corrected chi connectivity index (χ0v) is 15.1. The molecule has 1 N–H and O–H groups in total. The predicted molar refractivity (Wildman–Crippen MR) is 93.4 cm³/mol. The summed E-state index contributed by atoms with van der Waals surface area (Å²) in [4.78, 5) is 25.8. The molecule has 0 bridgehead atoms. The number of amides is 1. The Labute approximate surface area is 148 Å². The maximum Gasteiger partial charge on any atom is 0.349 e. The molecule has 0 unspecified atom stereocenters. The monoisotopic (exact) mass is 369 g/mol. The van der Waals surface area contributed by atoms with Crippen molar-refractivity contribution in [3.8, 4) is 0 Å². The summed E-state index contributed by atoms with van der Waals surface area (Å²) in [5.41, 5.74) is 1.29. The molecular weight excluding hydrogens is 353 g/mol. The van der Waals surface area contributed by atoms with Crippen LogP contribution in [0.4, 0.5) is 10.1 Å². The molecule has 0 saturated carbocycles. The van der Waals surface area contributed by atoms with Crippen LogP contribution in [0.5, 0.6) is 0 Å². The second-order valence-corrected chi connectivity index (χ2v) is 6.78.